The molecular formula is C74H48N4. The number of hydrogen-bond donors (Lipinski definition) is 0. The largest absolute Gasteiger partial charge is 0.310 e. The van der Waals surface area contributed by atoms with E-state index in [0.29, 0.717) is 0 Å². The minimum atomic E-state index is -0.564. The van der Waals surface area contributed by atoms with E-state index in [1.165, 1.54) is 76.9 Å². The van der Waals surface area contributed by atoms with Crippen LogP contribution in [0.2, 0.25) is 0 Å². The van der Waals surface area contributed by atoms with E-state index >= 15 is 0 Å². The molecule has 4 nitrogen and oxygen atoms in total. The summed E-state index contributed by atoms with van der Waals surface area (Å²) < 4.78 is 4.82. The number of benzene rings is 12. The molecule has 3 heterocycles. The van der Waals surface area contributed by atoms with Crippen LogP contribution < -0.4 is 4.90 Å². The lowest BCUT2D eigenvalue weighted by Crippen LogP contribution is -2.28. The van der Waals surface area contributed by atoms with Gasteiger partial charge in [0.1, 0.15) is 0 Å². The number of rotatable bonds is 8. The van der Waals surface area contributed by atoms with Crippen LogP contribution >= 0.6 is 0 Å². The Hall–Kier alpha value is -10.3. The van der Waals surface area contributed by atoms with Gasteiger partial charge in [0, 0.05) is 71.7 Å². The molecule has 0 N–H and O–H groups in total. The van der Waals surface area contributed by atoms with Crippen LogP contribution in [0.15, 0.2) is 291 Å². The Labute approximate surface area is 451 Å². The van der Waals surface area contributed by atoms with Gasteiger partial charge in [-0.15, -0.1) is 0 Å². The quantitative estimate of drug-likeness (QED) is 0.142. The summed E-state index contributed by atoms with van der Waals surface area (Å²) in [5.41, 5.74) is 20.0. The Balaban J connectivity index is 0.931. The molecule has 0 radical (unpaired) electrons. The molecule has 0 saturated carbocycles. The zero-order valence-electron chi connectivity index (χ0n) is 42.5. The Bertz CT molecular complexity index is 4790. The third-order valence-electron chi connectivity index (χ3n) is 16.5. The Kier molecular flexibility index (Phi) is 9.82. The standard InChI is InChI=1S/C74H48N4/c1-5-21-50(22-6-1)74(51-23-7-2-8-24-51)64-33-17-13-29-57(64)58-43-41-55(47-65(58)74)76(56-42-44-60-59-30-15-19-35-67(59)78(70(60)48-56)53-27-11-4-12-28-53)54-39-37-49(38-40-54)73-63-45-46-69-72(71(63)61-31-14-18-34-66(61)75-73)62-32-16-20-36-68(62)77(69)52-25-9-3-10-26-52/h1-48H. The van der Waals surface area contributed by atoms with Crippen LogP contribution in [0.4, 0.5) is 17.1 Å². The highest BCUT2D eigenvalue weighted by Gasteiger charge is 2.46. The maximum atomic E-state index is 5.52. The van der Waals surface area contributed by atoms with E-state index in [2.05, 4.69) is 305 Å². The first kappa shape index (κ1) is 44.0. The lowest BCUT2D eigenvalue weighted by molar-refractivity contribution is 0.768. The third kappa shape index (κ3) is 6.44. The molecule has 0 fully saturated rings. The van der Waals surface area contributed by atoms with Crippen molar-refractivity contribution in [3.05, 3.63) is 313 Å². The first-order valence-corrected chi connectivity index (χ1v) is 26.9. The number of nitrogens with zero attached hydrogens (tertiary/aromatic N) is 4. The molecule has 0 amide bonds. The van der Waals surface area contributed by atoms with E-state index in [-0.39, 0.29) is 0 Å². The summed E-state index contributed by atoms with van der Waals surface area (Å²) in [4.78, 5) is 7.97. The maximum absolute atomic E-state index is 5.52. The van der Waals surface area contributed by atoms with Crippen LogP contribution in [-0.4, -0.2) is 14.1 Å². The van der Waals surface area contributed by atoms with Crippen molar-refractivity contribution in [2.24, 2.45) is 0 Å². The average Bonchev–Trinajstić information content (AvgIpc) is 4.24. The van der Waals surface area contributed by atoms with E-state index in [0.717, 1.165) is 61.5 Å². The average molecular weight is 993 g/mol. The summed E-state index contributed by atoms with van der Waals surface area (Å²) in [5.74, 6) is 0. The van der Waals surface area contributed by atoms with Gasteiger partial charge >= 0.3 is 0 Å². The van der Waals surface area contributed by atoms with Crippen molar-refractivity contribution in [3.8, 4) is 33.8 Å². The van der Waals surface area contributed by atoms with Gasteiger partial charge in [-0.2, -0.15) is 0 Å². The molecule has 4 heteroatoms. The predicted octanol–water partition coefficient (Wildman–Crippen LogP) is 19.1. The van der Waals surface area contributed by atoms with Crippen LogP contribution in [-0.2, 0) is 5.41 Å². The van der Waals surface area contributed by atoms with Crippen LogP contribution in [0.25, 0.3) is 99.0 Å². The van der Waals surface area contributed by atoms with E-state index < -0.39 is 5.41 Å². The van der Waals surface area contributed by atoms with Crippen molar-refractivity contribution >= 4 is 82.3 Å². The number of pyridine rings is 1. The first-order valence-electron chi connectivity index (χ1n) is 26.9. The minimum absolute atomic E-state index is 0.564. The monoisotopic (exact) mass is 992 g/mol. The second kappa shape index (κ2) is 17.4. The molecule has 0 aliphatic heterocycles. The van der Waals surface area contributed by atoms with Crippen molar-refractivity contribution in [1.29, 1.82) is 0 Å². The van der Waals surface area contributed by atoms with Crippen molar-refractivity contribution in [2.45, 2.75) is 5.41 Å². The zero-order valence-corrected chi connectivity index (χ0v) is 42.5. The maximum Gasteiger partial charge on any atom is 0.0788 e. The second-order valence-electron chi connectivity index (χ2n) is 20.6. The summed E-state index contributed by atoms with van der Waals surface area (Å²) in [6.45, 7) is 0. The van der Waals surface area contributed by atoms with E-state index in [9.17, 15) is 0 Å². The molecule has 15 aromatic rings. The van der Waals surface area contributed by atoms with Gasteiger partial charge in [0.2, 0.25) is 0 Å². The highest BCUT2D eigenvalue weighted by Crippen LogP contribution is 2.57. The fourth-order valence-corrected chi connectivity index (χ4v) is 13.3. The van der Waals surface area contributed by atoms with Crippen molar-refractivity contribution in [1.82, 2.24) is 14.1 Å². The van der Waals surface area contributed by atoms with Crippen LogP contribution in [0.5, 0.6) is 0 Å². The summed E-state index contributed by atoms with van der Waals surface area (Å²) in [6, 6.07) is 107. The molecule has 1 aliphatic carbocycles. The predicted molar refractivity (Wildman–Crippen MR) is 325 cm³/mol. The van der Waals surface area contributed by atoms with E-state index in [1.54, 1.807) is 0 Å². The lowest BCUT2D eigenvalue weighted by atomic mass is 9.67. The minimum Gasteiger partial charge on any atom is -0.310 e. The van der Waals surface area contributed by atoms with Crippen molar-refractivity contribution in [2.75, 3.05) is 4.90 Å². The lowest BCUT2D eigenvalue weighted by Gasteiger charge is -2.35. The van der Waals surface area contributed by atoms with E-state index in [4.69, 9.17) is 4.98 Å². The molecule has 0 atom stereocenters. The van der Waals surface area contributed by atoms with Gasteiger partial charge in [-0.1, -0.05) is 206 Å². The Morgan fingerprint density at radius 2 is 0.808 bits per heavy atom. The zero-order chi connectivity index (χ0) is 51.3. The molecule has 0 unspecified atom stereocenters. The molecule has 364 valence electrons. The summed E-state index contributed by atoms with van der Waals surface area (Å²) in [7, 11) is 0. The fraction of sp³-hybridized carbons (Fsp3) is 0.0135. The second-order valence-corrected chi connectivity index (χ2v) is 20.6. The number of anilines is 3. The number of fused-ring (bicyclic) bond motifs is 13. The molecule has 1 aliphatic rings. The fourth-order valence-electron chi connectivity index (χ4n) is 13.3. The van der Waals surface area contributed by atoms with Gasteiger partial charge in [0.15, 0.2) is 0 Å². The van der Waals surface area contributed by atoms with Gasteiger partial charge in [0.05, 0.1) is 38.7 Å². The van der Waals surface area contributed by atoms with Crippen LogP contribution in [0.1, 0.15) is 22.3 Å². The number of para-hydroxylation sites is 5. The molecule has 78 heavy (non-hydrogen) atoms. The summed E-state index contributed by atoms with van der Waals surface area (Å²) in [6.07, 6.45) is 0. The van der Waals surface area contributed by atoms with Gasteiger partial charge < -0.3 is 14.0 Å². The molecule has 12 aromatic carbocycles. The molecule has 3 aromatic heterocycles. The highest BCUT2D eigenvalue weighted by atomic mass is 15.1. The van der Waals surface area contributed by atoms with Gasteiger partial charge in [-0.25, -0.2) is 4.98 Å². The SMILES string of the molecule is c1ccc(-n2c3ccccc3c3ccc(N(c4ccc(-c5nc6ccccc6c6c5ccc5c6c6ccccc6n5-c5ccccc5)cc4)c4ccc5c(c4)C(c4ccccc4)(c4ccccc4)c4ccccc4-5)cc32)cc1. The van der Waals surface area contributed by atoms with Gasteiger partial charge in [-0.3, -0.25) is 0 Å². The molecule has 0 spiro atoms. The third-order valence-corrected chi connectivity index (χ3v) is 16.5. The van der Waals surface area contributed by atoms with Gasteiger partial charge in [0.25, 0.3) is 0 Å². The number of hydrogen-bond acceptors (Lipinski definition) is 2. The normalized spacial score (nSPS) is 12.7. The first-order chi connectivity index (χ1) is 38.7. The van der Waals surface area contributed by atoms with Crippen LogP contribution in [0, 0.1) is 0 Å². The number of aromatic nitrogens is 3. The Morgan fingerprint density at radius 3 is 1.51 bits per heavy atom. The van der Waals surface area contributed by atoms with Crippen molar-refractivity contribution in [3.63, 3.8) is 0 Å². The Morgan fingerprint density at radius 1 is 0.308 bits per heavy atom. The van der Waals surface area contributed by atoms with E-state index in [1.807, 2.05) is 0 Å². The molecule has 0 bridgehead atoms. The highest BCUT2D eigenvalue weighted by molar-refractivity contribution is 6.29. The van der Waals surface area contributed by atoms with Crippen molar-refractivity contribution < 1.29 is 0 Å². The van der Waals surface area contributed by atoms with Gasteiger partial charge in [-0.05, 0) is 118 Å². The van der Waals surface area contributed by atoms with Crippen LogP contribution in [0.3, 0.4) is 0 Å². The topological polar surface area (TPSA) is 26.0 Å². The summed E-state index contributed by atoms with van der Waals surface area (Å²) in [5, 5.41) is 8.37. The summed E-state index contributed by atoms with van der Waals surface area (Å²) >= 11 is 0. The molecule has 0 saturated heterocycles. The molecule has 16 rings (SSSR count). The smallest absolute Gasteiger partial charge is 0.0788 e. The molecular weight excluding hydrogens is 945 g/mol.